The van der Waals surface area contributed by atoms with Crippen molar-refractivity contribution in [1.82, 2.24) is 10.2 Å². The summed E-state index contributed by atoms with van der Waals surface area (Å²) in [6.45, 7) is 6.89. The Hall–Kier alpha value is -1.17. The molecular formula is C20H31N3OS. The zero-order chi connectivity index (χ0) is 17.5. The summed E-state index contributed by atoms with van der Waals surface area (Å²) in [5, 5.41) is 7.56. The Morgan fingerprint density at radius 2 is 1.80 bits per heavy atom. The fraction of sp³-hybridized carbons (Fsp3) is 0.650. The quantitative estimate of drug-likeness (QED) is 0.784. The second-order valence-electron chi connectivity index (χ2n) is 7.24. The molecule has 25 heavy (non-hydrogen) atoms. The van der Waals surface area contributed by atoms with Gasteiger partial charge in [0, 0.05) is 30.9 Å². The average molecular weight is 362 g/mol. The molecule has 0 spiro atoms. The third-order valence-electron chi connectivity index (χ3n) is 5.66. The molecule has 5 heteroatoms. The highest BCUT2D eigenvalue weighted by atomic mass is 32.1. The van der Waals surface area contributed by atoms with Crippen LogP contribution in [0.2, 0.25) is 0 Å². The number of thiocarbonyl (C=S) groups is 1. The number of rotatable bonds is 5. The van der Waals surface area contributed by atoms with Gasteiger partial charge in [-0.3, -0.25) is 4.90 Å². The van der Waals surface area contributed by atoms with Crippen molar-refractivity contribution in [3.63, 3.8) is 0 Å². The molecule has 0 atom stereocenters. The fourth-order valence-corrected chi connectivity index (χ4v) is 4.29. The molecule has 3 rings (SSSR count). The molecule has 2 N–H and O–H groups in total. The summed E-state index contributed by atoms with van der Waals surface area (Å²) in [6.07, 6.45) is 7.57. The van der Waals surface area contributed by atoms with Gasteiger partial charge in [0.15, 0.2) is 5.11 Å². The average Bonchev–Trinajstić information content (AvgIpc) is 2.68. The topological polar surface area (TPSA) is 36.5 Å². The number of benzene rings is 1. The number of morpholine rings is 1. The molecule has 1 aromatic rings. The molecule has 0 amide bonds. The monoisotopic (exact) mass is 361 g/mol. The van der Waals surface area contributed by atoms with Crippen LogP contribution in [0.1, 0.15) is 44.6 Å². The first-order valence-electron chi connectivity index (χ1n) is 9.68. The minimum Gasteiger partial charge on any atom is -0.379 e. The smallest absolute Gasteiger partial charge is 0.170 e. The number of anilines is 1. The lowest BCUT2D eigenvalue weighted by molar-refractivity contribution is -0.0351. The first-order valence-corrected chi connectivity index (χ1v) is 10.1. The Bertz CT molecular complexity index is 549. The predicted molar refractivity (Wildman–Crippen MR) is 108 cm³/mol. The van der Waals surface area contributed by atoms with Gasteiger partial charge in [-0.2, -0.15) is 0 Å². The Labute approximate surface area is 157 Å². The lowest BCUT2D eigenvalue weighted by atomic mass is 9.80. The van der Waals surface area contributed by atoms with Crippen LogP contribution in [0, 0.1) is 0 Å². The summed E-state index contributed by atoms with van der Waals surface area (Å²) in [5.41, 5.74) is 2.64. The fourth-order valence-electron chi connectivity index (χ4n) is 4.10. The van der Waals surface area contributed by atoms with E-state index in [1.807, 2.05) is 0 Å². The van der Waals surface area contributed by atoms with Gasteiger partial charge in [-0.05, 0) is 49.2 Å². The Kier molecular flexibility index (Phi) is 6.68. The Balaban J connectivity index is 1.57. The maximum atomic E-state index is 5.56. The Morgan fingerprint density at radius 3 is 2.44 bits per heavy atom. The van der Waals surface area contributed by atoms with Gasteiger partial charge >= 0.3 is 0 Å². The van der Waals surface area contributed by atoms with Crippen LogP contribution in [0.25, 0.3) is 0 Å². The number of hydrogen-bond donors (Lipinski definition) is 2. The molecule has 0 radical (unpaired) electrons. The summed E-state index contributed by atoms with van der Waals surface area (Å²) in [6, 6.07) is 8.51. The molecule has 1 aliphatic heterocycles. The lowest BCUT2D eigenvalue weighted by Gasteiger charge is -2.48. The normalized spacial score (nSPS) is 20.8. The minimum absolute atomic E-state index is 0.236. The lowest BCUT2D eigenvalue weighted by Crippen LogP contribution is -2.60. The molecule has 2 aliphatic rings. The van der Waals surface area contributed by atoms with Gasteiger partial charge < -0.3 is 15.4 Å². The zero-order valence-electron chi connectivity index (χ0n) is 15.4. The maximum Gasteiger partial charge on any atom is 0.170 e. The van der Waals surface area contributed by atoms with Crippen molar-refractivity contribution in [2.24, 2.45) is 0 Å². The van der Waals surface area contributed by atoms with E-state index in [1.165, 1.54) is 37.7 Å². The van der Waals surface area contributed by atoms with Crippen LogP contribution in [0.4, 0.5) is 5.69 Å². The van der Waals surface area contributed by atoms with E-state index in [9.17, 15) is 0 Å². The van der Waals surface area contributed by atoms with Crippen LogP contribution < -0.4 is 10.6 Å². The summed E-state index contributed by atoms with van der Waals surface area (Å²) >= 11 is 5.55. The van der Waals surface area contributed by atoms with Crippen molar-refractivity contribution in [2.45, 2.75) is 51.0 Å². The van der Waals surface area contributed by atoms with Crippen molar-refractivity contribution in [3.8, 4) is 0 Å². The first-order chi connectivity index (χ1) is 12.2. The van der Waals surface area contributed by atoms with Crippen LogP contribution in [0.3, 0.4) is 0 Å². The van der Waals surface area contributed by atoms with E-state index in [0.717, 1.165) is 50.1 Å². The van der Waals surface area contributed by atoms with E-state index in [4.69, 9.17) is 17.0 Å². The highest BCUT2D eigenvalue weighted by Crippen LogP contribution is 2.33. The van der Waals surface area contributed by atoms with Crippen molar-refractivity contribution in [3.05, 3.63) is 29.8 Å². The summed E-state index contributed by atoms with van der Waals surface area (Å²) in [4.78, 5) is 2.64. The van der Waals surface area contributed by atoms with Crippen LogP contribution in [0.5, 0.6) is 0 Å². The highest BCUT2D eigenvalue weighted by molar-refractivity contribution is 7.80. The number of aryl methyl sites for hydroxylation is 1. The second-order valence-corrected chi connectivity index (χ2v) is 7.65. The van der Waals surface area contributed by atoms with Gasteiger partial charge in [-0.15, -0.1) is 0 Å². The predicted octanol–water partition coefficient (Wildman–Crippen LogP) is 3.57. The molecule has 0 bridgehead atoms. The highest BCUT2D eigenvalue weighted by Gasteiger charge is 2.38. The van der Waals surface area contributed by atoms with E-state index in [0.29, 0.717) is 0 Å². The summed E-state index contributed by atoms with van der Waals surface area (Å²) in [5.74, 6) is 0. The van der Waals surface area contributed by atoms with Crippen molar-refractivity contribution in [2.75, 3.05) is 38.2 Å². The number of hydrogen-bond acceptors (Lipinski definition) is 3. The van der Waals surface area contributed by atoms with Gasteiger partial charge in [0.05, 0.1) is 13.2 Å². The van der Waals surface area contributed by atoms with E-state index in [2.05, 4.69) is 46.7 Å². The summed E-state index contributed by atoms with van der Waals surface area (Å²) in [7, 11) is 0. The van der Waals surface area contributed by atoms with Crippen molar-refractivity contribution >= 4 is 23.0 Å². The van der Waals surface area contributed by atoms with Crippen LogP contribution >= 0.6 is 12.2 Å². The molecule has 0 aromatic heterocycles. The van der Waals surface area contributed by atoms with Crippen molar-refractivity contribution in [1.29, 1.82) is 0 Å². The molecule has 0 unspecified atom stereocenters. The number of nitrogens with one attached hydrogen (secondary N) is 2. The van der Waals surface area contributed by atoms with Gasteiger partial charge in [-0.25, -0.2) is 0 Å². The molecular weight excluding hydrogens is 330 g/mol. The van der Waals surface area contributed by atoms with Crippen LogP contribution in [-0.2, 0) is 11.2 Å². The third kappa shape index (κ3) is 4.93. The maximum absolute atomic E-state index is 5.56. The van der Waals surface area contributed by atoms with Crippen molar-refractivity contribution < 1.29 is 4.74 Å². The first kappa shape index (κ1) is 18.6. The third-order valence-corrected chi connectivity index (χ3v) is 5.91. The number of ether oxygens (including phenoxy) is 1. The molecule has 1 heterocycles. The van der Waals surface area contributed by atoms with E-state index in [-0.39, 0.29) is 5.54 Å². The molecule has 4 nitrogen and oxygen atoms in total. The van der Waals surface area contributed by atoms with E-state index >= 15 is 0 Å². The SMILES string of the molecule is CCc1ccc(NC(=S)NCC2(N3CCOCC3)CCCCC2)cc1. The molecule has 2 fully saturated rings. The zero-order valence-corrected chi connectivity index (χ0v) is 16.2. The second kappa shape index (κ2) is 8.97. The summed E-state index contributed by atoms with van der Waals surface area (Å²) < 4.78 is 5.56. The van der Waals surface area contributed by atoms with Gasteiger partial charge in [0.25, 0.3) is 0 Å². The molecule has 1 saturated carbocycles. The largest absolute Gasteiger partial charge is 0.379 e. The molecule has 1 aromatic carbocycles. The van der Waals surface area contributed by atoms with Gasteiger partial charge in [-0.1, -0.05) is 38.3 Å². The molecule has 138 valence electrons. The van der Waals surface area contributed by atoms with E-state index < -0.39 is 0 Å². The van der Waals surface area contributed by atoms with Crippen LogP contribution in [0.15, 0.2) is 24.3 Å². The minimum atomic E-state index is 0.236. The standard InChI is InChI=1S/C20H31N3OS/c1-2-17-6-8-18(9-7-17)22-19(25)21-16-20(10-4-3-5-11-20)23-12-14-24-15-13-23/h6-9H,2-5,10-16H2,1H3,(H2,21,22,25). The van der Waals surface area contributed by atoms with Gasteiger partial charge in [0.1, 0.15) is 0 Å². The van der Waals surface area contributed by atoms with Crippen LogP contribution in [-0.4, -0.2) is 48.4 Å². The molecule has 1 aliphatic carbocycles. The van der Waals surface area contributed by atoms with Gasteiger partial charge in [0.2, 0.25) is 0 Å². The number of nitrogens with zero attached hydrogens (tertiary/aromatic N) is 1. The molecule has 1 saturated heterocycles. The van der Waals surface area contributed by atoms with E-state index in [1.54, 1.807) is 0 Å². The Morgan fingerprint density at radius 1 is 1.12 bits per heavy atom.